The van der Waals surface area contributed by atoms with Crippen molar-refractivity contribution in [3.05, 3.63) is 65.7 Å². The SMILES string of the molecule is COc1ccc(C(C=O)CCOCc2ccccc2)cc1. The lowest BCUT2D eigenvalue weighted by Gasteiger charge is -2.12. The lowest BCUT2D eigenvalue weighted by Crippen LogP contribution is -2.05. The van der Waals surface area contributed by atoms with Crippen LogP contribution in [0.5, 0.6) is 5.75 Å². The Labute approximate surface area is 125 Å². The van der Waals surface area contributed by atoms with Crippen molar-refractivity contribution in [2.24, 2.45) is 0 Å². The Kier molecular flexibility index (Phi) is 5.98. The van der Waals surface area contributed by atoms with Crippen LogP contribution in [0.3, 0.4) is 0 Å². The highest BCUT2D eigenvalue weighted by atomic mass is 16.5. The first-order chi connectivity index (χ1) is 10.3. The molecule has 0 bridgehead atoms. The Balaban J connectivity index is 1.80. The first kappa shape index (κ1) is 15.3. The minimum absolute atomic E-state index is 0.133. The van der Waals surface area contributed by atoms with E-state index in [1.807, 2.05) is 54.6 Å². The van der Waals surface area contributed by atoms with Gasteiger partial charge in [-0.05, 0) is 29.7 Å². The third-order valence-corrected chi connectivity index (χ3v) is 3.39. The molecule has 2 rings (SSSR count). The van der Waals surface area contributed by atoms with Crippen molar-refractivity contribution < 1.29 is 14.3 Å². The number of methoxy groups -OCH3 is 1. The van der Waals surface area contributed by atoms with E-state index in [2.05, 4.69) is 0 Å². The predicted molar refractivity (Wildman–Crippen MR) is 82.5 cm³/mol. The van der Waals surface area contributed by atoms with Gasteiger partial charge >= 0.3 is 0 Å². The average Bonchev–Trinajstić information content (AvgIpc) is 2.56. The van der Waals surface area contributed by atoms with E-state index in [-0.39, 0.29) is 5.92 Å². The van der Waals surface area contributed by atoms with Gasteiger partial charge in [-0.25, -0.2) is 0 Å². The molecule has 0 saturated carbocycles. The Morgan fingerprint density at radius 1 is 1.05 bits per heavy atom. The molecule has 110 valence electrons. The minimum atomic E-state index is -0.133. The second kappa shape index (κ2) is 8.22. The van der Waals surface area contributed by atoms with Gasteiger partial charge in [0.25, 0.3) is 0 Å². The molecule has 0 spiro atoms. The van der Waals surface area contributed by atoms with E-state index in [4.69, 9.17) is 9.47 Å². The molecule has 0 aromatic heterocycles. The molecule has 2 aromatic rings. The molecule has 3 nitrogen and oxygen atoms in total. The second-order valence-electron chi connectivity index (χ2n) is 4.84. The molecule has 3 heteroatoms. The summed E-state index contributed by atoms with van der Waals surface area (Å²) >= 11 is 0. The van der Waals surface area contributed by atoms with Crippen molar-refractivity contribution in [3.63, 3.8) is 0 Å². The molecule has 2 aromatic carbocycles. The van der Waals surface area contributed by atoms with Gasteiger partial charge in [-0.1, -0.05) is 42.5 Å². The number of hydrogen-bond acceptors (Lipinski definition) is 3. The average molecular weight is 284 g/mol. The third kappa shape index (κ3) is 4.72. The van der Waals surface area contributed by atoms with Crippen LogP contribution in [0.15, 0.2) is 54.6 Å². The normalized spacial score (nSPS) is 11.9. The maximum atomic E-state index is 11.2. The summed E-state index contributed by atoms with van der Waals surface area (Å²) < 4.78 is 10.8. The number of hydrogen-bond donors (Lipinski definition) is 0. The number of rotatable bonds is 8. The van der Waals surface area contributed by atoms with Gasteiger partial charge in [-0.15, -0.1) is 0 Å². The maximum Gasteiger partial charge on any atom is 0.127 e. The molecule has 0 aliphatic rings. The van der Waals surface area contributed by atoms with Crippen LogP contribution in [0, 0.1) is 0 Å². The van der Waals surface area contributed by atoms with Crippen molar-refractivity contribution in [1.82, 2.24) is 0 Å². The van der Waals surface area contributed by atoms with Crippen molar-refractivity contribution in [3.8, 4) is 5.75 Å². The Morgan fingerprint density at radius 2 is 1.76 bits per heavy atom. The van der Waals surface area contributed by atoms with E-state index < -0.39 is 0 Å². The highest BCUT2D eigenvalue weighted by molar-refractivity contribution is 5.62. The van der Waals surface area contributed by atoms with Crippen LogP contribution in [-0.2, 0) is 16.1 Å². The molecule has 0 aliphatic heterocycles. The molecule has 0 N–H and O–H groups in total. The van der Waals surface area contributed by atoms with Crippen molar-refractivity contribution >= 4 is 6.29 Å². The van der Waals surface area contributed by atoms with Gasteiger partial charge in [-0.2, -0.15) is 0 Å². The largest absolute Gasteiger partial charge is 0.497 e. The topological polar surface area (TPSA) is 35.5 Å². The van der Waals surface area contributed by atoms with Crippen molar-refractivity contribution in [2.45, 2.75) is 18.9 Å². The van der Waals surface area contributed by atoms with E-state index >= 15 is 0 Å². The van der Waals surface area contributed by atoms with E-state index in [1.54, 1.807) is 7.11 Å². The van der Waals surface area contributed by atoms with E-state index in [0.717, 1.165) is 23.2 Å². The molecule has 0 saturated heterocycles. The Bertz CT molecular complexity index is 534. The van der Waals surface area contributed by atoms with Gasteiger partial charge in [0.05, 0.1) is 13.7 Å². The van der Waals surface area contributed by atoms with E-state index in [1.165, 1.54) is 0 Å². The zero-order valence-electron chi connectivity index (χ0n) is 12.2. The Hall–Kier alpha value is -2.13. The molecular weight excluding hydrogens is 264 g/mol. The number of carbonyl (C=O) groups is 1. The number of benzene rings is 2. The summed E-state index contributed by atoms with van der Waals surface area (Å²) in [5.74, 6) is 0.662. The summed E-state index contributed by atoms with van der Waals surface area (Å²) in [5, 5.41) is 0. The van der Waals surface area contributed by atoms with E-state index in [0.29, 0.717) is 19.6 Å². The first-order valence-electron chi connectivity index (χ1n) is 7.04. The van der Waals surface area contributed by atoms with Gasteiger partial charge in [0.2, 0.25) is 0 Å². The van der Waals surface area contributed by atoms with Gasteiger partial charge in [0.1, 0.15) is 12.0 Å². The summed E-state index contributed by atoms with van der Waals surface area (Å²) in [4.78, 5) is 11.2. The zero-order valence-corrected chi connectivity index (χ0v) is 12.2. The fourth-order valence-corrected chi connectivity index (χ4v) is 2.14. The van der Waals surface area contributed by atoms with Crippen LogP contribution in [-0.4, -0.2) is 20.0 Å². The maximum absolute atomic E-state index is 11.2. The molecule has 1 atom stereocenters. The third-order valence-electron chi connectivity index (χ3n) is 3.39. The summed E-state index contributed by atoms with van der Waals surface area (Å²) in [6, 6.07) is 17.6. The number of carbonyl (C=O) groups excluding carboxylic acids is 1. The van der Waals surface area contributed by atoms with Crippen LogP contribution in [0.1, 0.15) is 23.5 Å². The van der Waals surface area contributed by atoms with Crippen LogP contribution >= 0.6 is 0 Å². The standard InChI is InChI=1S/C18H20O3/c1-20-18-9-7-16(8-10-18)17(13-19)11-12-21-14-15-5-3-2-4-6-15/h2-10,13,17H,11-12,14H2,1H3. The van der Waals surface area contributed by atoms with Crippen molar-refractivity contribution in [1.29, 1.82) is 0 Å². The number of aldehydes is 1. The number of ether oxygens (including phenoxy) is 2. The van der Waals surface area contributed by atoms with Crippen LogP contribution in [0.25, 0.3) is 0 Å². The predicted octanol–water partition coefficient (Wildman–Crippen LogP) is 3.58. The second-order valence-corrected chi connectivity index (χ2v) is 4.84. The molecule has 0 radical (unpaired) electrons. The highest BCUT2D eigenvalue weighted by Crippen LogP contribution is 2.20. The fraction of sp³-hybridized carbons (Fsp3) is 0.278. The molecule has 0 aliphatic carbocycles. The van der Waals surface area contributed by atoms with Crippen LogP contribution in [0.4, 0.5) is 0 Å². The quantitative estimate of drug-likeness (QED) is 0.549. The molecule has 0 heterocycles. The summed E-state index contributed by atoms with van der Waals surface area (Å²) in [6.45, 7) is 1.14. The minimum Gasteiger partial charge on any atom is -0.497 e. The summed E-state index contributed by atoms with van der Waals surface area (Å²) in [5.41, 5.74) is 2.14. The molecular formula is C18H20O3. The lowest BCUT2D eigenvalue weighted by molar-refractivity contribution is -0.109. The molecule has 21 heavy (non-hydrogen) atoms. The van der Waals surface area contributed by atoms with Crippen molar-refractivity contribution in [2.75, 3.05) is 13.7 Å². The van der Waals surface area contributed by atoms with Crippen LogP contribution in [0.2, 0.25) is 0 Å². The molecule has 0 amide bonds. The Morgan fingerprint density at radius 3 is 2.38 bits per heavy atom. The summed E-state index contributed by atoms with van der Waals surface area (Å²) in [7, 11) is 1.63. The lowest BCUT2D eigenvalue weighted by atomic mass is 9.97. The highest BCUT2D eigenvalue weighted by Gasteiger charge is 2.10. The summed E-state index contributed by atoms with van der Waals surface area (Å²) in [6.07, 6.45) is 1.66. The smallest absolute Gasteiger partial charge is 0.127 e. The first-order valence-corrected chi connectivity index (χ1v) is 7.04. The van der Waals surface area contributed by atoms with Gasteiger partial charge in [-0.3, -0.25) is 0 Å². The zero-order chi connectivity index (χ0) is 14.9. The van der Waals surface area contributed by atoms with Crippen LogP contribution < -0.4 is 4.74 Å². The molecule has 1 unspecified atom stereocenters. The van der Waals surface area contributed by atoms with Gasteiger partial charge in [0.15, 0.2) is 0 Å². The van der Waals surface area contributed by atoms with Gasteiger partial charge < -0.3 is 14.3 Å². The van der Waals surface area contributed by atoms with Gasteiger partial charge in [0, 0.05) is 12.5 Å². The monoisotopic (exact) mass is 284 g/mol. The van der Waals surface area contributed by atoms with E-state index in [9.17, 15) is 4.79 Å². The fourth-order valence-electron chi connectivity index (χ4n) is 2.14. The molecule has 0 fully saturated rings.